The Balaban J connectivity index is 4.10. The van der Waals surface area contributed by atoms with Gasteiger partial charge in [0.25, 0.3) is 0 Å². The van der Waals surface area contributed by atoms with Crippen LogP contribution in [0.15, 0.2) is 11.6 Å². The molecule has 12 heavy (non-hydrogen) atoms. The van der Waals surface area contributed by atoms with Crippen molar-refractivity contribution in [2.45, 2.75) is 19.4 Å². The van der Waals surface area contributed by atoms with Crippen molar-refractivity contribution in [1.82, 2.24) is 0 Å². The Labute approximate surface area is 71.5 Å². The minimum atomic E-state index is -0.893. The van der Waals surface area contributed by atoms with E-state index in [1.807, 2.05) is 0 Å². The van der Waals surface area contributed by atoms with Gasteiger partial charge >= 0.3 is 5.97 Å². The number of ether oxygens (including phenoxy) is 1. The van der Waals surface area contributed by atoms with Gasteiger partial charge < -0.3 is 14.9 Å². The van der Waals surface area contributed by atoms with E-state index in [1.165, 1.54) is 7.11 Å². The summed E-state index contributed by atoms with van der Waals surface area (Å²) in [6.07, 6.45) is 0.792. The third-order valence-electron chi connectivity index (χ3n) is 1.46. The standard InChI is InChI=1S/C8H14O4/c1-3-6(8(11)12-2)4-7(10)5-9/h3,7,9-10H,4-5H2,1-2H3. The minimum Gasteiger partial charge on any atom is -0.466 e. The van der Waals surface area contributed by atoms with Gasteiger partial charge in [-0.3, -0.25) is 0 Å². The summed E-state index contributed by atoms with van der Waals surface area (Å²) >= 11 is 0. The second kappa shape index (κ2) is 5.74. The van der Waals surface area contributed by atoms with E-state index in [4.69, 9.17) is 10.2 Å². The fourth-order valence-electron chi connectivity index (χ4n) is 0.769. The van der Waals surface area contributed by atoms with Crippen molar-refractivity contribution in [2.75, 3.05) is 13.7 Å². The Morgan fingerprint density at radius 1 is 1.67 bits per heavy atom. The molecule has 0 fully saturated rings. The fraction of sp³-hybridized carbons (Fsp3) is 0.625. The minimum absolute atomic E-state index is 0.125. The second-order valence-corrected chi connectivity index (χ2v) is 2.35. The van der Waals surface area contributed by atoms with E-state index in [0.717, 1.165) is 0 Å². The summed E-state index contributed by atoms with van der Waals surface area (Å²) in [7, 11) is 1.27. The Morgan fingerprint density at radius 2 is 2.25 bits per heavy atom. The van der Waals surface area contributed by atoms with Crippen LogP contribution < -0.4 is 0 Å². The predicted molar refractivity (Wildman–Crippen MR) is 43.5 cm³/mol. The van der Waals surface area contributed by atoms with Crippen molar-refractivity contribution in [3.63, 3.8) is 0 Å². The average molecular weight is 174 g/mol. The molecule has 4 heteroatoms. The third kappa shape index (κ3) is 3.50. The highest BCUT2D eigenvalue weighted by molar-refractivity contribution is 5.88. The Bertz CT molecular complexity index is 174. The summed E-state index contributed by atoms with van der Waals surface area (Å²) in [5.74, 6) is -0.468. The van der Waals surface area contributed by atoms with Crippen LogP contribution in [-0.2, 0) is 9.53 Å². The molecule has 0 aliphatic carbocycles. The highest BCUT2D eigenvalue weighted by Crippen LogP contribution is 2.06. The summed E-state index contributed by atoms with van der Waals surface area (Å²) in [6, 6.07) is 0. The van der Waals surface area contributed by atoms with Gasteiger partial charge in [0.15, 0.2) is 0 Å². The lowest BCUT2D eigenvalue weighted by atomic mass is 10.1. The highest BCUT2D eigenvalue weighted by atomic mass is 16.5. The van der Waals surface area contributed by atoms with Gasteiger partial charge in [-0.05, 0) is 6.92 Å². The maximum Gasteiger partial charge on any atom is 0.333 e. The van der Waals surface area contributed by atoms with Gasteiger partial charge in [0.1, 0.15) is 0 Å². The van der Waals surface area contributed by atoms with Gasteiger partial charge in [-0.25, -0.2) is 4.79 Å². The molecule has 0 heterocycles. The van der Waals surface area contributed by atoms with Crippen molar-refractivity contribution < 1.29 is 19.7 Å². The van der Waals surface area contributed by atoms with E-state index in [9.17, 15) is 4.79 Å². The first kappa shape index (κ1) is 11.1. The van der Waals surface area contributed by atoms with Crippen LogP contribution in [0.2, 0.25) is 0 Å². The highest BCUT2D eigenvalue weighted by Gasteiger charge is 2.12. The zero-order valence-electron chi connectivity index (χ0n) is 7.28. The fourth-order valence-corrected chi connectivity index (χ4v) is 0.769. The van der Waals surface area contributed by atoms with E-state index in [0.29, 0.717) is 5.57 Å². The number of esters is 1. The van der Waals surface area contributed by atoms with E-state index in [1.54, 1.807) is 13.0 Å². The number of rotatable bonds is 4. The van der Waals surface area contributed by atoms with Gasteiger partial charge in [-0.2, -0.15) is 0 Å². The topological polar surface area (TPSA) is 66.8 Å². The lowest BCUT2D eigenvalue weighted by Crippen LogP contribution is -2.16. The van der Waals surface area contributed by atoms with Crippen molar-refractivity contribution in [2.24, 2.45) is 0 Å². The number of methoxy groups -OCH3 is 1. The molecule has 0 saturated heterocycles. The summed E-state index contributed by atoms with van der Waals surface area (Å²) in [5, 5.41) is 17.5. The smallest absolute Gasteiger partial charge is 0.333 e. The van der Waals surface area contributed by atoms with Crippen molar-refractivity contribution >= 4 is 5.97 Å². The van der Waals surface area contributed by atoms with Crippen molar-refractivity contribution in [3.05, 3.63) is 11.6 Å². The summed E-state index contributed by atoms with van der Waals surface area (Å²) in [5.41, 5.74) is 0.374. The van der Waals surface area contributed by atoms with E-state index < -0.39 is 12.1 Å². The van der Waals surface area contributed by atoms with Crippen LogP contribution in [0.4, 0.5) is 0 Å². The molecule has 0 aliphatic rings. The lowest BCUT2D eigenvalue weighted by molar-refractivity contribution is -0.136. The van der Waals surface area contributed by atoms with Crippen molar-refractivity contribution in [3.8, 4) is 0 Å². The average Bonchev–Trinajstić information content (AvgIpc) is 2.12. The number of aliphatic hydroxyl groups is 2. The van der Waals surface area contributed by atoms with Gasteiger partial charge in [0, 0.05) is 12.0 Å². The molecular weight excluding hydrogens is 160 g/mol. The number of hydrogen-bond donors (Lipinski definition) is 2. The monoisotopic (exact) mass is 174 g/mol. The molecule has 4 nitrogen and oxygen atoms in total. The largest absolute Gasteiger partial charge is 0.466 e. The van der Waals surface area contributed by atoms with Gasteiger partial charge in [-0.1, -0.05) is 6.08 Å². The summed E-state index contributed by atoms with van der Waals surface area (Å²) in [4.78, 5) is 10.9. The molecule has 0 aliphatic heterocycles. The number of hydrogen-bond acceptors (Lipinski definition) is 4. The Morgan fingerprint density at radius 3 is 2.58 bits per heavy atom. The molecule has 2 N–H and O–H groups in total. The lowest BCUT2D eigenvalue weighted by Gasteiger charge is -2.08. The molecule has 0 spiro atoms. The Hall–Kier alpha value is -0.870. The molecule has 0 bridgehead atoms. The normalized spacial score (nSPS) is 14.2. The molecule has 0 aromatic rings. The molecule has 1 atom stereocenters. The van der Waals surface area contributed by atoms with Crippen molar-refractivity contribution in [1.29, 1.82) is 0 Å². The van der Waals surface area contributed by atoms with Crippen LogP contribution in [0.3, 0.4) is 0 Å². The maximum absolute atomic E-state index is 10.9. The molecular formula is C8H14O4. The van der Waals surface area contributed by atoms with Crippen LogP contribution >= 0.6 is 0 Å². The van der Waals surface area contributed by atoms with Gasteiger partial charge in [-0.15, -0.1) is 0 Å². The maximum atomic E-state index is 10.9. The van der Waals surface area contributed by atoms with Crippen LogP contribution in [0.5, 0.6) is 0 Å². The quantitative estimate of drug-likeness (QED) is 0.459. The molecule has 1 unspecified atom stereocenters. The molecule has 0 radical (unpaired) electrons. The molecule has 70 valence electrons. The molecule has 0 rings (SSSR count). The second-order valence-electron chi connectivity index (χ2n) is 2.35. The SMILES string of the molecule is CC=C(CC(O)CO)C(=O)OC. The number of allylic oxidation sites excluding steroid dienone is 1. The van der Waals surface area contributed by atoms with Gasteiger partial charge in [0.05, 0.1) is 19.8 Å². The predicted octanol–water partition coefficient (Wildman–Crippen LogP) is -0.151. The molecule has 0 aromatic carbocycles. The summed E-state index contributed by atoms with van der Waals surface area (Å²) in [6.45, 7) is 1.32. The summed E-state index contributed by atoms with van der Waals surface area (Å²) < 4.78 is 4.45. The van der Waals surface area contributed by atoms with Crippen LogP contribution in [0, 0.1) is 0 Å². The Kier molecular flexibility index (Phi) is 5.32. The number of aliphatic hydroxyl groups excluding tert-OH is 2. The van der Waals surface area contributed by atoms with Crippen LogP contribution in [0.1, 0.15) is 13.3 Å². The zero-order valence-corrected chi connectivity index (χ0v) is 7.28. The number of carbonyl (C=O) groups excluding carboxylic acids is 1. The first-order valence-electron chi connectivity index (χ1n) is 3.68. The third-order valence-corrected chi connectivity index (χ3v) is 1.46. The first-order chi connectivity index (χ1) is 5.65. The first-order valence-corrected chi connectivity index (χ1v) is 3.68. The molecule has 0 aromatic heterocycles. The van der Waals surface area contributed by atoms with Crippen LogP contribution in [-0.4, -0.2) is 36.0 Å². The number of carbonyl (C=O) groups is 1. The van der Waals surface area contributed by atoms with E-state index >= 15 is 0 Å². The van der Waals surface area contributed by atoms with Gasteiger partial charge in [0.2, 0.25) is 0 Å². The molecule has 0 saturated carbocycles. The van der Waals surface area contributed by atoms with E-state index in [-0.39, 0.29) is 13.0 Å². The molecule has 0 amide bonds. The zero-order chi connectivity index (χ0) is 9.56. The van der Waals surface area contributed by atoms with Crippen LogP contribution in [0.25, 0.3) is 0 Å². The van der Waals surface area contributed by atoms with E-state index in [2.05, 4.69) is 4.74 Å².